The Hall–Kier alpha value is -3.54. The molecule has 6 heteroatoms. The molecule has 0 aliphatic heterocycles. The van der Waals surface area contributed by atoms with Crippen LogP contribution in [0.15, 0.2) is 56.3 Å². The number of fused-ring (bicyclic) bond motifs is 2. The zero-order valence-corrected chi connectivity index (χ0v) is 15.4. The molecule has 0 amide bonds. The number of aromatic hydroxyl groups is 1. The van der Waals surface area contributed by atoms with E-state index < -0.39 is 11.6 Å². The molecule has 0 aliphatic carbocycles. The van der Waals surface area contributed by atoms with E-state index in [1.807, 2.05) is 25.1 Å². The second-order valence-corrected chi connectivity index (χ2v) is 6.78. The molecule has 2 aromatic carbocycles. The van der Waals surface area contributed by atoms with E-state index in [1.165, 1.54) is 12.1 Å². The highest BCUT2D eigenvalue weighted by atomic mass is 16.5. The summed E-state index contributed by atoms with van der Waals surface area (Å²) in [6.07, 6.45) is 1.62. The van der Waals surface area contributed by atoms with E-state index in [0.717, 1.165) is 22.1 Å². The topological polar surface area (TPSA) is 89.9 Å². The molecule has 4 aromatic rings. The van der Waals surface area contributed by atoms with Crippen molar-refractivity contribution in [3.63, 3.8) is 0 Å². The number of hydrogen-bond donors (Lipinski definition) is 1. The van der Waals surface area contributed by atoms with E-state index in [9.17, 15) is 14.7 Å². The van der Waals surface area contributed by atoms with Gasteiger partial charge in [-0.3, -0.25) is 4.79 Å². The predicted molar refractivity (Wildman–Crippen MR) is 103 cm³/mol. The first-order chi connectivity index (χ1) is 13.4. The Kier molecular flexibility index (Phi) is 4.39. The van der Waals surface area contributed by atoms with Gasteiger partial charge in [0.05, 0.1) is 12.7 Å². The summed E-state index contributed by atoms with van der Waals surface area (Å²) in [6, 6.07) is 10.2. The summed E-state index contributed by atoms with van der Waals surface area (Å²) < 4.78 is 16.1. The molecule has 2 aromatic heterocycles. The van der Waals surface area contributed by atoms with Gasteiger partial charge in [0, 0.05) is 33.5 Å². The molecule has 0 radical (unpaired) electrons. The molecule has 0 unspecified atom stereocenters. The van der Waals surface area contributed by atoms with E-state index in [1.54, 1.807) is 19.3 Å². The number of hydrogen-bond acceptors (Lipinski definition) is 6. The average Bonchev–Trinajstić information content (AvgIpc) is 3.05. The average molecular weight is 378 g/mol. The number of benzene rings is 2. The van der Waals surface area contributed by atoms with Gasteiger partial charge < -0.3 is 18.7 Å². The van der Waals surface area contributed by atoms with Gasteiger partial charge in [-0.05, 0) is 37.6 Å². The Labute approximate surface area is 160 Å². The van der Waals surface area contributed by atoms with E-state index in [2.05, 4.69) is 0 Å². The Bertz CT molecular complexity index is 1260. The largest absolute Gasteiger partial charge is 0.508 e. The van der Waals surface area contributed by atoms with E-state index >= 15 is 0 Å². The van der Waals surface area contributed by atoms with Crippen LogP contribution in [0.25, 0.3) is 21.9 Å². The quantitative estimate of drug-likeness (QED) is 0.424. The van der Waals surface area contributed by atoms with Crippen LogP contribution in [-0.4, -0.2) is 11.1 Å². The van der Waals surface area contributed by atoms with Crippen molar-refractivity contribution >= 4 is 27.9 Å². The molecular weight excluding hydrogens is 360 g/mol. The second kappa shape index (κ2) is 6.88. The normalized spacial score (nSPS) is 11.2. The van der Waals surface area contributed by atoms with Crippen molar-refractivity contribution in [2.24, 2.45) is 0 Å². The third-order valence-corrected chi connectivity index (χ3v) is 4.75. The Balaban J connectivity index is 1.55. The minimum absolute atomic E-state index is 0.0341. The number of carbonyl (C=O) groups excluding carboxylic acids is 1. The molecule has 0 spiro atoms. The molecule has 0 saturated heterocycles. The van der Waals surface area contributed by atoms with Gasteiger partial charge in [0.2, 0.25) is 0 Å². The number of rotatable bonds is 4. The fourth-order valence-corrected chi connectivity index (χ4v) is 3.23. The molecule has 1 N–H and O–H groups in total. The van der Waals surface area contributed by atoms with E-state index in [0.29, 0.717) is 16.5 Å². The fourth-order valence-electron chi connectivity index (χ4n) is 3.23. The summed E-state index contributed by atoms with van der Waals surface area (Å²) in [4.78, 5) is 24.2. The van der Waals surface area contributed by atoms with Gasteiger partial charge in [-0.25, -0.2) is 4.79 Å². The summed E-state index contributed by atoms with van der Waals surface area (Å²) >= 11 is 0. The number of ether oxygens (including phenoxy) is 1. The highest BCUT2D eigenvalue weighted by Gasteiger charge is 2.15. The Morgan fingerprint density at radius 3 is 2.68 bits per heavy atom. The highest BCUT2D eigenvalue weighted by Crippen LogP contribution is 2.28. The summed E-state index contributed by atoms with van der Waals surface area (Å²) in [5, 5.41) is 11.3. The van der Waals surface area contributed by atoms with E-state index in [4.69, 9.17) is 13.6 Å². The predicted octanol–water partition coefficient (Wildman–Crippen LogP) is 4.15. The minimum Gasteiger partial charge on any atom is -0.508 e. The number of phenolic OH excluding ortho intramolecular Hbond substituents is 1. The van der Waals surface area contributed by atoms with Gasteiger partial charge in [-0.2, -0.15) is 0 Å². The van der Waals surface area contributed by atoms with Crippen LogP contribution in [-0.2, 0) is 22.6 Å². The maximum absolute atomic E-state index is 12.3. The number of aryl methyl sites for hydroxylation is 2. The van der Waals surface area contributed by atoms with Gasteiger partial charge in [-0.1, -0.05) is 12.1 Å². The molecule has 142 valence electrons. The maximum Gasteiger partial charge on any atom is 0.336 e. The van der Waals surface area contributed by atoms with Crippen LogP contribution >= 0.6 is 0 Å². The standard InChI is InChI=1S/C22H18O6/c1-12-3-4-16-14(10-26-19(16)7-12)8-20(24)27-11-15-9-21(25)28-22-13(2)18(23)6-5-17(15)22/h3-7,9-10,23H,8,11H2,1-2H3. The van der Waals surface area contributed by atoms with Gasteiger partial charge in [-0.15, -0.1) is 0 Å². The Morgan fingerprint density at radius 2 is 1.86 bits per heavy atom. The first kappa shape index (κ1) is 17.9. The lowest BCUT2D eigenvalue weighted by molar-refractivity contribution is -0.144. The van der Waals surface area contributed by atoms with Crippen LogP contribution in [0.4, 0.5) is 0 Å². The van der Waals surface area contributed by atoms with Crippen LogP contribution in [0.1, 0.15) is 22.3 Å². The summed E-state index contributed by atoms with van der Waals surface area (Å²) in [7, 11) is 0. The number of carbonyl (C=O) groups is 1. The second-order valence-electron chi connectivity index (χ2n) is 6.78. The summed E-state index contributed by atoms with van der Waals surface area (Å²) in [5.74, 6) is -0.396. The van der Waals surface area contributed by atoms with Gasteiger partial charge in [0.1, 0.15) is 23.5 Å². The zero-order chi connectivity index (χ0) is 19.8. The fraction of sp³-hybridized carbons (Fsp3) is 0.182. The molecule has 0 bridgehead atoms. The van der Waals surface area contributed by atoms with Crippen LogP contribution < -0.4 is 5.63 Å². The molecule has 28 heavy (non-hydrogen) atoms. The van der Waals surface area contributed by atoms with E-state index in [-0.39, 0.29) is 24.4 Å². The smallest absolute Gasteiger partial charge is 0.336 e. The SMILES string of the molecule is Cc1ccc2c(CC(=O)OCc3cc(=O)oc4c(C)c(O)ccc34)coc2c1. The lowest BCUT2D eigenvalue weighted by atomic mass is 10.1. The lowest BCUT2D eigenvalue weighted by Crippen LogP contribution is -2.10. The zero-order valence-electron chi connectivity index (χ0n) is 15.4. The van der Waals surface area contributed by atoms with Gasteiger partial charge in [0.15, 0.2) is 0 Å². The monoisotopic (exact) mass is 378 g/mol. The van der Waals surface area contributed by atoms with Crippen molar-refractivity contribution < 1.29 is 23.5 Å². The van der Waals surface area contributed by atoms with Crippen molar-refractivity contribution in [3.05, 3.63) is 75.3 Å². The van der Waals surface area contributed by atoms with Crippen LogP contribution in [0.3, 0.4) is 0 Å². The number of esters is 1. The lowest BCUT2D eigenvalue weighted by Gasteiger charge is -2.09. The van der Waals surface area contributed by atoms with Crippen molar-refractivity contribution in [2.75, 3.05) is 0 Å². The minimum atomic E-state index is -0.566. The molecule has 0 aliphatic rings. The Morgan fingerprint density at radius 1 is 1.07 bits per heavy atom. The first-order valence-electron chi connectivity index (χ1n) is 8.80. The van der Waals surface area contributed by atoms with Gasteiger partial charge >= 0.3 is 11.6 Å². The summed E-state index contributed by atoms with van der Waals surface area (Å²) in [5.41, 5.74) is 3.26. The first-order valence-corrected chi connectivity index (χ1v) is 8.80. The van der Waals surface area contributed by atoms with Crippen molar-refractivity contribution in [1.29, 1.82) is 0 Å². The van der Waals surface area contributed by atoms with Crippen LogP contribution in [0, 0.1) is 13.8 Å². The maximum atomic E-state index is 12.3. The van der Waals surface area contributed by atoms with Crippen molar-refractivity contribution in [1.82, 2.24) is 0 Å². The summed E-state index contributed by atoms with van der Waals surface area (Å²) in [6.45, 7) is 3.56. The molecule has 6 nitrogen and oxygen atoms in total. The van der Waals surface area contributed by atoms with Crippen molar-refractivity contribution in [2.45, 2.75) is 26.9 Å². The van der Waals surface area contributed by atoms with Crippen LogP contribution in [0.2, 0.25) is 0 Å². The highest BCUT2D eigenvalue weighted by molar-refractivity contribution is 5.87. The molecular formula is C22H18O6. The van der Waals surface area contributed by atoms with Gasteiger partial charge in [0.25, 0.3) is 0 Å². The molecule has 0 atom stereocenters. The molecule has 0 saturated carbocycles. The number of phenols is 1. The third-order valence-electron chi connectivity index (χ3n) is 4.75. The molecule has 2 heterocycles. The van der Waals surface area contributed by atoms with Crippen LogP contribution in [0.5, 0.6) is 5.75 Å². The third kappa shape index (κ3) is 3.24. The number of furan rings is 1. The molecule has 4 rings (SSSR count). The van der Waals surface area contributed by atoms with Crippen molar-refractivity contribution in [3.8, 4) is 5.75 Å². The molecule has 0 fully saturated rings.